The number of hydrogen-bond acceptors (Lipinski definition) is 2. The molecule has 2 heterocycles. The van der Waals surface area contributed by atoms with E-state index in [0.29, 0.717) is 11.8 Å². The summed E-state index contributed by atoms with van der Waals surface area (Å²) >= 11 is 6.05. The molecule has 1 saturated carbocycles. The highest BCUT2D eigenvalue weighted by atomic mass is 35.5. The highest BCUT2D eigenvalue weighted by Crippen LogP contribution is 2.66. The molecule has 3 nitrogen and oxygen atoms in total. The van der Waals surface area contributed by atoms with E-state index in [2.05, 4.69) is 46.6 Å². The molecule has 2 aliphatic heterocycles. The molecule has 0 radical (unpaired) electrons. The Labute approximate surface area is 159 Å². The molecule has 1 aliphatic carbocycles. The summed E-state index contributed by atoms with van der Waals surface area (Å²) in [4.78, 5) is 15.6. The Morgan fingerprint density at radius 2 is 1.81 bits per heavy atom. The second-order valence-electron chi connectivity index (χ2n) is 7.91. The summed E-state index contributed by atoms with van der Waals surface area (Å²) in [5.74, 6) is 1.17. The fourth-order valence-corrected chi connectivity index (χ4v) is 5.08. The molecule has 0 aromatic heterocycles. The van der Waals surface area contributed by atoms with Gasteiger partial charge in [-0.2, -0.15) is 0 Å². The summed E-state index contributed by atoms with van der Waals surface area (Å²) in [5, 5.41) is 4.16. The van der Waals surface area contributed by atoms with Gasteiger partial charge in [0.05, 0.1) is 5.41 Å². The molecule has 1 spiro atoms. The number of rotatable bonds is 3. The van der Waals surface area contributed by atoms with Crippen molar-refractivity contribution >= 4 is 23.2 Å². The minimum absolute atomic E-state index is 0.270. The lowest BCUT2D eigenvalue weighted by atomic mass is 9.92. The van der Waals surface area contributed by atoms with Crippen LogP contribution < -0.4 is 10.2 Å². The molecule has 1 saturated heterocycles. The Hall–Kier alpha value is -1.84. The molecule has 0 unspecified atom stereocenters. The van der Waals surface area contributed by atoms with Crippen molar-refractivity contribution in [1.29, 1.82) is 0 Å². The van der Waals surface area contributed by atoms with Gasteiger partial charge in [0.2, 0.25) is 5.91 Å². The summed E-state index contributed by atoms with van der Waals surface area (Å²) in [7, 11) is 0. The van der Waals surface area contributed by atoms with E-state index in [0.717, 1.165) is 49.6 Å². The van der Waals surface area contributed by atoms with Crippen LogP contribution in [-0.4, -0.2) is 25.5 Å². The fraction of sp³-hybridized carbons (Fsp3) is 0.409. The zero-order valence-electron chi connectivity index (χ0n) is 14.7. The van der Waals surface area contributed by atoms with Crippen LogP contribution in [0.5, 0.6) is 0 Å². The summed E-state index contributed by atoms with van der Waals surface area (Å²) in [6, 6.07) is 16.4. The van der Waals surface area contributed by atoms with Crippen LogP contribution in [0, 0.1) is 5.92 Å². The van der Waals surface area contributed by atoms with Gasteiger partial charge in [0.1, 0.15) is 0 Å². The van der Waals surface area contributed by atoms with Crippen molar-refractivity contribution in [2.24, 2.45) is 5.92 Å². The summed E-state index contributed by atoms with van der Waals surface area (Å²) in [6.07, 6.45) is 3.21. The Balaban J connectivity index is 1.48. The van der Waals surface area contributed by atoms with Crippen LogP contribution in [-0.2, 0) is 10.2 Å². The van der Waals surface area contributed by atoms with Crippen LogP contribution in [0.15, 0.2) is 48.5 Å². The molecule has 2 aromatic rings. The Morgan fingerprint density at radius 1 is 1.08 bits per heavy atom. The second-order valence-corrected chi connectivity index (χ2v) is 8.34. The van der Waals surface area contributed by atoms with Gasteiger partial charge < -0.3 is 10.2 Å². The molecule has 2 aromatic carbocycles. The normalized spacial score (nSPS) is 27.8. The number of fused-ring (bicyclic) bond motifs is 2. The third-order valence-electron chi connectivity index (χ3n) is 6.43. The predicted molar refractivity (Wildman–Crippen MR) is 105 cm³/mol. The Morgan fingerprint density at radius 3 is 2.58 bits per heavy atom. The molecule has 2 fully saturated rings. The van der Waals surface area contributed by atoms with E-state index in [4.69, 9.17) is 11.6 Å². The standard InChI is InChI=1S/C22H23ClN2O/c23-17-7-5-16(6-8-17)19-13-22(19)18-3-1-2-4-20(18)25(21(22)26)14-15-9-11-24-12-10-15/h1-8,15,19,24H,9-14H2/t19-,22-/m0/s1. The summed E-state index contributed by atoms with van der Waals surface area (Å²) in [6.45, 7) is 2.98. The van der Waals surface area contributed by atoms with Crippen molar-refractivity contribution in [3.8, 4) is 0 Å². The highest BCUT2D eigenvalue weighted by Gasteiger charge is 2.67. The molecule has 1 N–H and O–H groups in total. The molecule has 134 valence electrons. The maximum Gasteiger partial charge on any atom is 0.238 e. The van der Waals surface area contributed by atoms with E-state index < -0.39 is 0 Å². The van der Waals surface area contributed by atoms with Crippen LogP contribution >= 0.6 is 11.6 Å². The molecule has 1 amide bonds. The molecule has 3 aliphatic rings. The number of piperidine rings is 1. The van der Waals surface area contributed by atoms with Crippen LogP contribution in [0.1, 0.15) is 36.3 Å². The topological polar surface area (TPSA) is 32.3 Å². The number of hydrogen-bond donors (Lipinski definition) is 1. The first-order valence-electron chi connectivity index (χ1n) is 9.58. The van der Waals surface area contributed by atoms with Crippen molar-refractivity contribution in [3.05, 3.63) is 64.7 Å². The first-order chi connectivity index (χ1) is 12.7. The lowest BCUT2D eigenvalue weighted by Gasteiger charge is -2.28. The van der Waals surface area contributed by atoms with Gasteiger partial charge >= 0.3 is 0 Å². The number of benzene rings is 2. The smallest absolute Gasteiger partial charge is 0.238 e. The molecule has 4 heteroatoms. The maximum atomic E-state index is 13.6. The van der Waals surface area contributed by atoms with Crippen molar-refractivity contribution in [3.63, 3.8) is 0 Å². The summed E-state index contributed by atoms with van der Waals surface area (Å²) < 4.78 is 0. The Bertz CT molecular complexity index is 843. The quantitative estimate of drug-likeness (QED) is 0.886. The van der Waals surface area contributed by atoms with Gasteiger partial charge in [-0.05, 0) is 67.6 Å². The highest BCUT2D eigenvalue weighted by molar-refractivity contribution is 6.30. The fourth-order valence-electron chi connectivity index (χ4n) is 4.95. The van der Waals surface area contributed by atoms with E-state index >= 15 is 0 Å². The minimum Gasteiger partial charge on any atom is -0.317 e. The molecular weight excluding hydrogens is 344 g/mol. The van der Waals surface area contributed by atoms with Crippen molar-refractivity contribution in [2.45, 2.75) is 30.6 Å². The number of nitrogens with zero attached hydrogens (tertiary/aromatic N) is 1. The van der Waals surface area contributed by atoms with E-state index in [1.54, 1.807) is 0 Å². The zero-order chi connectivity index (χ0) is 17.7. The average molecular weight is 367 g/mol. The molecule has 26 heavy (non-hydrogen) atoms. The maximum absolute atomic E-state index is 13.6. The van der Waals surface area contributed by atoms with Gasteiger partial charge in [0.25, 0.3) is 0 Å². The first kappa shape index (κ1) is 16.3. The predicted octanol–water partition coefficient (Wildman–Crippen LogP) is 4.11. The van der Waals surface area contributed by atoms with Crippen molar-refractivity contribution in [1.82, 2.24) is 5.32 Å². The second kappa shape index (κ2) is 6.11. The Kier molecular flexibility index (Phi) is 3.84. The van der Waals surface area contributed by atoms with Crippen LogP contribution in [0.2, 0.25) is 5.02 Å². The monoisotopic (exact) mass is 366 g/mol. The van der Waals surface area contributed by atoms with Gasteiger partial charge in [0, 0.05) is 23.2 Å². The number of para-hydroxylation sites is 1. The number of anilines is 1. The van der Waals surface area contributed by atoms with E-state index in [-0.39, 0.29) is 11.3 Å². The third-order valence-corrected chi connectivity index (χ3v) is 6.69. The third kappa shape index (κ3) is 2.41. The number of carbonyl (C=O) groups excluding carboxylic acids is 1. The molecule has 5 rings (SSSR count). The SMILES string of the molecule is O=C1N(CC2CCNCC2)c2ccccc2[C@]12C[C@H]2c1ccc(Cl)cc1. The van der Waals surface area contributed by atoms with Gasteiger partial charge in [-0.1, -0.05) is 41.9 Å². The summed E-state index contributed by atoms with van der Waals surface area (Å²) in [5.41, 5.74) is 3.23. The number of amides is 1. The molecule has 2 atom stereocenters. The van der Waals surface area contributed by atoms with Crippen molar-refractivity contribution < 1.29 is 4.79 Å². The lowest BCUT2D eigenvalue weighted by Crippen LogP contribution is -2.40. The minimum atomic E-state index is -0.350. The average Bonchev–Trinajstić information content (AvgIpc) is 3.39. The van der Waals surface area contributed by atoms with Crippen LogP contribution in [0.4, 0.5) is 5.69 Å². The van der Waals surface area contributed by atoms with E-state index in [1.165, 1.54) is 11.1 Å². The zero-order valence-corrected chi connectivity index (χ0v) is 15.5. The van der Waals surface area contributed by atoms with E-state index in [9.17, 15) is 4.79 Å². The van der Waals surface area contributed by atoms with Gasteiger partial charge in [-0.3, -0.25) is 4.79 Å². The number of halogens is 1. The molecular formula is C22H23ClN2O. The largest absolute Gasteiger partial charge is 0.317 e. The number of carbonyl (C=O) groups is 1. The first-order valence-corrected chi connectivity index (χ1v) is 9.95. The van der Waals surface area contributed by atoms with Gasteiger partial charge in [-0.15, -0.1) is 0 Å². The van der Waals surface area contributed by atoms with Gasteiger partial charge in [-0.25, -0.2) is 0 Å². The van der Waals surface area contributed by atoms with Crippen molar-refractivity contribution in [2.75, 3.05) is 24.5 Å². The van der Waals surface area contributed by atoms with E-state index in [1.807, 2.05) is 12.1 Å². The lowest BCUT2D eigenvalue weighted by molar-refractivity contribution is -0.120. The van der Waals surface area contributed by atoms with Gasteiger partial charge in [0.15, 0.2) is 0 Å². The van der Waals surface area contributed by atoms with Crippen LogP contribution in [0.25, 0.3) is 0 Å². The van der Waals surface area contributed by atoms with Crippen LogP contribution in [0.3, 0.4) is 0 Å². The number of nitrogens with one attached hydrogen (secondary N) is 1. The molecule has 0 bridgehead atoms.